The zero-order chi connectivity index (χ0) is 19.0. The third kappa shape index (κ3) is 2.81. The van der Waals surface area contributed by atoms with E-state index in [9.17, 15) is 20.2 Å². The second-order valence-electron chi connectivity index (χ2n) is 6.50. The first-order valence-corrected chi connectivity index (χ1v) is 8.68. The molecule has 1 fully saturated rings. The van der Waals surface area contributed by atoms with E-state index in [4.69, 9.17) is 0 Å². The molecule has 27 heavy (non-hydrogen) atoms. The predicted octanol–water partition coefficient (Wildman–Crippen LogP) is 3.71. The highest BCUT2D eigenvalue weighted by Gasteiger charge is 2.25. The number of benzene rings is 2. The Kier molecular flexibility index (Phi) is 4.09. The van der Waals surface area contributed by atoms with Crippen molar-refractivity contribution in [3.05, 3.63) is 69.9 Å². The van der Waals surface area contributed by atoms with Crippen LogP contribution < -0.4 is 4.90 Å². The molecule has 1 saturated heterocycles. The summed E-state index contributed by atoms with van der Waals surface area (Å²) in [6.45, 7) is 1.56. The molecule has 0 atom stereocenters. The van der Waals surface area contributed by atoms with Crippen LogP contribution in [-0.2, 0) is 0 Å². The molecule has 7 nitrogen and oxygen atoms in total. The molecule has 1 aliphatic heterocycles. The van der Waals surface area contributed by atoms with Crippen molar-refractivity contribution in [2.75, 3.05) is 18.0 Å². The number of hydrogen-bond donors (Lipinski definition) is 0. The van der Waals surface area contributed by atoms with Crippen LogP contribution in [-0.4, -0.2) is 28.5 Å². The van der Waals surface area contributed by atoms with E-state index in [0.717, 1.165) is 25.9 Å². The van der Waals surface area contributed by atoms with E-state index in [-0.39, 0.29) is 11.3 Å². The van der Waals surface area contributed by atoms with E-state index in [1.807, 2.05) is 4.90 Å². The molecule has 1 aromatic heterocycles. The van der Waals surface area contributed by atoms with Gasteiger partial charge in [0.05, 0.1) is 16.0 Å². The normalized spacial score (nSPS) is 13.7. The lowest BCUT2D eigenvalue weighted by molar-refractivity contribution is -0.384. The number of hydrogen-bond acceptors (Lipinski definition) is 5. The average Bonchev–Trinajstić information content (AvgIpc) is 3.35. The Morgan fingerprint density at radius 3 is 2.59 bits per heavy atom. The fourth-order valence-electron chi connectivity index (χ4n) is 3.60. The number of aromatic nitrogens is 1. The highest BCUT2D eigenvalue weighted by molar-refractivity contribution is 6.04. The standard InChI is InChI=1S/C20H16N4O3/c21-12-15-13-23(17-6-2-1-5-16(15)17)20(25)14-7-8-18(19(11-14)24(26)27)22-9-3-4-10-22/h1-2,5-8,11,13H,3-4,9-10H2. The quantitative estimate of drug-likeness (QED) is 0.524. The Labute approximate surface area is 155 Å². The zero-order valence-corrected chi connectivity index (χ0v) is 14.5. The molecule has 0 N–H and O–H groups in total. The van der Waals surface area contributed by atoms with E-state index >= 15 is 0 Å². The molecule has 3 aromatic rings. The second kappa shape index (κ2) is 6.57. The van der Waals surface area contributed by atoms with E-state index in [0.29, 0.717) is 22.2 Å². The maximum Gasteiger partial charge on any atom is 0.293 e. The van der Waals surface area contributed by atoms with Crippen LogP contribution in [0.15, 0.2) is 48.7 Å². The Bertz CT molecular complexity index is 1100. The van der Waals surface area contributed by atoms with Crippen molar-refractivity contribution in [1.29, 1.82) is 5.26 Å². The topological polar surface area (TPSA) is 92.2 Å². The average molecular weight is 360 g/mol. The maximum atomic E-state index is 13.0. The highest BCUT2D eigenvalue weighted by Crippen LogP contribution is 2.32. The van der Waals surface area contributed by atoms with Gasteiger partial charge in [-0.25, -0.2) is 0 Å². The van der Waals surface area contributed by atoms with Gasteiger partial charge in [-0.3, -0.25) is 19.5 Å². The van der Waals surface area contributed by atoms with Gasteiger partial charge in [0.1, 0.15) is 11.8 Å². The molecule has 0 aliphatic carbocycles. The summed E-state index contributed by atoms with van der Waals surface area (Å²) in [6.07, 6.45) is 3.49. The number of carbonyl (C=O) groups is 1. The fraction of sp³-hybridized carbons (Fsp3) is 0.200. The predicted molar refractivity (Wildman–Crippen MR) is 101 cm³/mol. The number of nitriles is 1. The molecule has 7 heteroatoms. The smallest absolute Gasteiger partial charge is 0.293 e. The molecular weight excluding hydrogens is 344 g/mol. The molecule has 1 aliphatic rings. The van der Waals surface area contributed by atoms with Gasteiger partial charge in [0, 0.05) is 36.3 Å². The van der Waals surface area contributed by atoms with Crippen molar-refractivity contribution in [2.45, 2.75) is 12.8 Å². The number of para-hydroxylation sites is 1. The second-order valence-corrected chi connectivity index (χ2v) is 6.50. The lowest BCUT2D eigenvalue weighted by atomic mass is 10.1. The molecule has 4 rings (SSSR count). The molecule has 0 saturated carbocycles. The van der Waals surface area contributed by atoms with Gasteiger partial charge >= 0.3 is 0 Å². The largest absolute Gasteiger partial charge is 0.366 e. The Morgan fingerprint density at radius 2 is 1.89 bits per heavy atom. The van der Waals surface area contributed by atoms with Crippen LogP contribution in [0.4, 0.5) is 11.4 Å². The molecule has 2 aromatic carbocycles. The Morgan fingerprint density at radius 1 is 1.15 bits per heavy atom. The zero-order valence-electron chi connectivity index (χ0n) is 14.5. The number of fused-ring (bicyclic) bond motifs is 1. The van der Waals surface area contributed by atoms with Crippen molar-refractivity contribution >= 4 is 28.2 Å². The van der Waals surface area contributed by atoms with Crippen LogP contribution in [0, 0.1) is 21.4 Å². The van der Waals surface area contributed by atoms with Crippen molar-refractivity contribution in [3.63, 3.8) is 0 Å². The van der Waals surface area contributed by atoms with Gasteiger partial charge in [0.25, 0.3) is 11.6 Å². The first kappa shape index (κ1) is 16.8. The molecule has 2 heterocycles. The maximum absolute atomic E-state index is 13.0. The molecule has 0 bridgehead atoms. The van der Waals surface area contributed by atoms with E-state index in [1.54, 1.807) is 36.4 Å². The van der Waals surface area contributed by atoms with E-state index in [2.05, 4.69) is 6.07 Å². The van der Waals surface area contributed by atoms with Crippen LogP contribution in [0.2, 0.25) is 0 Å². The van der Waals surface area contributed by atoms with Crippen LogP contribution in [0.3, 0.4) is 0 Å². The van der Waals surface area contributed by atoms with Crippen molar-refractivity contribution in [2.24, 2.45) is 0 Å². The SMILES string of the molecule is N#Cc1cn(C(=O)c2ccc(N3CCCC3)c([N+](=O)[O-])c2)c2ccccc12. The third-order valence-corrected chi connectivity index (χ3v) is 4.92. The monoisotopic (exact) mass is 360 g/mol. The highest BCUT2D eigenvalue weighted by atomic mass is 16.6. The van der Waals surface area contributed by atoms with Gasteiger partial charge in [-0.15, -0.1) is 0 Å². The Balaban J connectivity index is 1.80. The Hall–Kier alpha value is -3.66. The van der Waals surface area contributed by atoms with Crippen molar-refractivity contribution in [1.82, 2.24) is 4.57 Å². The lowest BCUT2D eigenvalue weighted by Gasteiger charge is -2.17. The fourth-order valence-corrected chi connectivity index (χ4v) is 3.60. The van der Waals surface area contributed by atoms with Crippen molar-refractivity contribution < 1.29 is 9.72 Å². The molecule has 0 spiro atoms. The summed E-state index contributed by atoms with van der Waals surface area (Å²) < 4.78 is 1.38. The first-order valence-electron chi connectivity index (χ1n) is 8.68. The number of carbonyl (C=O) groups excluding carboxylic acids is 1. The van der Waals surface area contributed by atoms with Gasteiger partial charge in [0.15, 0.2) is 0 Å². The summed E-state index contributed by atoms with van der Waals surface area (Å²) in [5.74, 6) is -0.399. The lowest BCUT2D eigenvalue weighted by Crippen LogP contribution is -2.19. The van der Waals surface area contributed by atoms with Crippen molar-refractivity contribution in [3.8, 4) is 6.07 Å². The van der Waals surface area contributed by atoms with Crippen LogP contribution in [0.25, 0.3) is 10.9 Å². The van der Waals surface area contributed by atoms with Crippen LogP contribution in [0.5, 0.6) is 0 Å². The summed E-state index contributed by atoms with van der Waals surface area (Å²) in [5, 5.41) is 21.6. The van der Waals surface area contributed by atoms with Gasteiger partial charge in [-0.1, -0.05) is 18.2 Å². The first-order chi connectivity index (χ1) is 13.1. The van der Waals surface area contributed by atoms with Gasteiger partial charge in [-0.05, 0) is 31.0 Å². The van der Waals surface area contributed by atoms with E-state index < -0.39 is 10.8 Å². The minimum absolute atomic E-state index is 0.0697. The van der Waals surface area contributed by atoms with Gasteiger partial charge in [-0.2, -0.15) is 5.26 Å². The summed E-state index contributed by atoms with van der Waals surface area (Å²) in [4.78, 5) is 26.1. The number of nitro benzene ring substituents is 1. The minimum Gasteiger partial charge on any atom is -0.366 e. The van der Waals surface area contributed by atoms with Crippen LogP contribution >= 0.6 is 0 Å². The number of anilines is 1. The summed E-state index contributed by atoms with van der Waals surface area (Å²) in [6, 6.07) is 13.8. The molecule has 134 valence electrons. The number of nitro groups is 1. The molecule has 0 unspecified atom stereocenters. The molecule has 0 radical (unpaired) electrons. The molecular formula is C20H16N4O3. The minimum atomic E-state index is -0.446. The molecule has 0 amide bonds. The van der Waals surface area contributed by atoms with Gasteiger partial charge < -0.3 is 4.90 Å². The number of rotatable bonds is 3. The third-order valence-electron chi connectivity index (χ3n) is 4.92. The summed E-state index contributed by atoms with van der Waals surface area (Å²) >= 11 is 0. The summed E-state index contributed by atoms with van der Waals surface area (Å²) in [5.41, 5.74) is 1.69. The van der Waals surface area contributed by atoms with Gasteiger partial charge in [0.2, 0.25) is 0 Å². The number of nitrogens with zero attached hydrogens (tertiary/aromatic N) is 4. The summed E-state index contributed by atoms with van der Waals surface area (Å²) in [7, 11) is 0. The van der Waals surface area contributed by atoms with Crippen LogP contribution in [0.1, 0.15) is 28.8 Å². The van der Waals surface area contributed by atoms with E-state index in [1.165, 1.54) is 16.8 Å².